The van der Waals surface area contributed by atoms with Crippen molar-refractivity contribution in [2.24, 2.45) is 17.3 Å². The van der Waals surface area contributed by atoms with Crippen LogP contribution in [0.15, 0.2) is 48.5 Å². The summed E-state index contributed by atoms with van der Waals surface area (Å²) in [4.78, 5) is 39.2. The Hall–Kier alpha value is -3.35. The maximum Gasteiger partial charge on any atom is 0.407 e. The number of carboxylic acid groups (broad SMARTS) is 1. The number of likely N-dealkylation sites (tertiary alicyclic amines) is 1. The average molecular weight is 461 g/mol. The predicted molar refractivity (Wildman–Crippen MR) is 124 cm³/mol. The normalized spacial score (nSPS) is 28.7. The predicted octanol–water partition coefficient (Wildman–Crippen LogP) is 3.63. The molecule has 0 radical (unpaired) electrons. The molecule has 176 valence electrons. The van der Waals surface area contributed by atoms with Gasteiger partial charge in [-0.25, -0.2) is 4.79 Å². The van der Waals surface area contributed by atoms with Crippen molar-refractivity contribution in [3.05, 3.63) is 59.7 Å². The van der Waals surface area contributed by atoms with Gasteiger partial charge in [0.1, 0.15) is 6.61 Å². The first-order valence-corrected chi connectivity index (χ1v) is 12.1. The molecule has 0 aromatic heterocycles. The molecule has 2 amide bonds. The maximum atomic E-state index is 13.2. The van der Waals surface area contributed by atoms with E-state index in [-0.39, 0.29) is 36.3 Å². The summed E-state index contributed by atoms with van der Waals surface area (Å²) in [6.07, 6.45) is 2.44. The van der Waals surface area contributed by atoms with Crippen molar-refractivity contribution < 1.29 is 24.2 Å². The van der Waals surface area contributed by atoms with Gasteiger partial charge in [-0.15, -0.1) is 0 Å². The van der Waals surface area contributed by atoms with Crippen molar-refractivity contribution in [2.75, 3.05) is 19.7 Å². The maximum absolute atomic E-state index is 13.2. The van der Waals surface area contributed by atoms with Crippen LogP contribution in [-0.2, 0) is 14.3 Å². The summed E-state index contributed by atoms with van der Waals surface area (Å²) >= 11 is 0. The number of ether oxygens (including phenoxy) is 1. The number of nitrogens with zero attached hydrogens (tertiary/aromatic N) is 1. The van der Waals surface area contributed by atoms with Gasteiger partial charge in [-0.1, -0.05) is 55.0 Å². The van der Waals surface area contributed by atoms with Crippen molar-refractivity contribution in [3.63, 3.8) is 0 Å². The molecule has 1 heterocycles. The SMILES string of the molecule is O=C(N[C@H]1CCC[C@H]1C(=O)N1CC2CC2(C(=O)O)C1)OCC1c2ccccc2-c2ccccc21. The summed E-state index contributed by atoms with van der Waals surface area (Å²) in [6, 6.07) is 16.1. The number of carbonyl (C=O) groups is 3. The van der Waals surface area contributed by atoms with Crippen LogP contribution < -0.4 is 5.32 Å². The third-order valence-electron chi connectivity index (χ3n) is 8.36. The van der Waals surface area contributed by atoms with Crippen molar-refractivity contribution in [1.82, 2.24) is 10.2 Å². The molecular weight excluding hydrogens is 432 g/mol. The van der Waals surface area contributed by atoms with Crippen LogP contribution in [0.3, 0.4) is 0 Å². The number of nitrogens with one attached hydrogen (secondary N) is 1. The standard InChI is InChI=1S/C27H28N2O5/c30-24(29-13-16-12-27(16,15-29)25(31)32)21-10-5-11-23(21)28-26(33)34-14-22-19-8-3-1-6-17(19)18-7-2-4-9-20(18)22/h1-4,6-9,16,21-23H,5,10-15H2,(H,28,33)(H,31,32)/t16?,21-,23+,27?/m1/s1. The highest BCUT2D eigenvalue weighted by Gasteiger charge is 2.66. The highest BCUT2D eigenvalue weighted by Crippen LogP contribution is 2.58. The molecule has 2 aromatic rings. The molecule has 4 atom stereocenters. The fourth-order valence-electron chi connectivity index (χ4n) is 6.44. The van der Waals surface area contributed by atoms with E-state index in [0.717, 1.165) is 24.0 Å². The van der Waals surface area contributed by atoms with Gasteiger partial charge >= 0.3 is 12.1 Å². The number of fused-ring (bicyclic) bond motifs is 4. The third-order valence-corrected chi connectivity index (χ3v) is 8.36. The second kappa shape index (κ2) is 7.86. The molecule has 4 aliphatic rings. The summed E-state index contributed by atoms with van der Waals surface area (Å²) in [5, 5.41) is 12.4. The lowest BCUT2D eigenvalue weighted by atomic mass is 9.98. The van der Waals surface area contributed by atoms with Crippen LogP contribution in [0.25, 0.3) is 11.1 Å². The first-order valence-electron chi connectivity index (χ1n) is 12.1. The molecule has 0 bridgehead atoms. The Morgan fingerprint density at radius 2 is 1.71 bits per heavy atom. The van der Waals surface area contributed by atoms with E-state index in [4.69, 9.17) is 4.74 Å². The van der Waals surface area contributed by atoms with Gasteiger partial charge in [-0.05, 0) is 47.4 Å². The summed E-state index contributed by atoms with van der Waals surface area (Å²) in [6.45, 7) is 1.04. The van der Waals surface area contributed by atoms with Gasteiger partial charge in [-0.3, -0.25) is 9.59 Å². The second-order valence-corrected chi connectivity index (χ2v) is 10.2. The smallest absolute Gasteiger partial charge is 0.407 e. The Labute approximate surface area is 198 Å². The number of alkyl carbamates (subject to hydrolysis) is 1. The lowest BCUT2D eigenvalue weighted by Crippen LogP contribution is -2.46. The summed E-state index contributed by atoms with van der Waals surface area (Å²) in [5.41, 5.74) is 3.94. The first-order chi connectivity index (χ1) is 16.5. The van der Waals surface area contributed by atoms with E-state index in [2.05, 4.69) is 29.6 Å². The minimum absolute atomic E-state index is 0.0114. The zero-order valence-corrected chi connectivity index (χ0v) is 18.9. The molecule has 0 spiro atoms. The van der Waals surface area contributed by atoms with Gasteiger partial charge in [0, 0.05) is 25.0 Å². The molecule has 1 saturated heterocycles. The number of rotatable bonds is 5. The number of piperidine rings is 1. The lowest BCUT2D eigenvalue weighted by molar-refractivity contribution is -0.144. The molecule has 34 heavy (non-hydrogen) atoms. The minimum Gasteiger partial charge on any atom is -0.481 e. The van der Waals surface area contributed by atoms with Crippen molar-refractivity contribution in [1.29, 1.82) is 0 Å². The molecule has 6 rings (SSSR count). The van der Waals surface area contributed by atoms with Gasteiger partial charge in [0.25, 0.3) is 0 Å². The summed E-state index contributed by atoms with van der Waals surface area (Å²) in [7, 11) is 0. The Balaban J connectivity index is 1.08. The van der Waals surface area contributed by atoms with Crippen LogP contribution in [-0.4, -0.2) is 53.7 Å². The van der Waals surface area contributed by atoms with Crippen LogP contribution in [0.2, 0.25) is 0 Å². The molecule has 2 unspecified atom stereocenters. The zero-order chi connectivity index (χ0) is 23.4. The fourth-order valence-corrected chi connectivity index (χ4v) is 6.44. The van der Waals surface area contributed by atoms with E-state index >= 15 is 0 Å². The Bertz CT molecular complexity index is 1130. The van der Waals surface area contributed by atoms with E-state index in [1.165, 1.54) is 11.1 Å². The first kappa shape index (κ1) is 21.2. The lowest BCUT2D eigenvalue weighted by Gasteiger charge is -2.27. The van der Waals surface area contributed by atoms with E-state index in [0.29, 0.717) is 25.9 Å². The Morgan fingerprint density at radius 1 is 1.03 bits per heavy atom. The van der Waals surface area contributed by atoms with Gasteiger partial charge in [0.15, 0.2) is 0 Å². The molecule has 3 fully saturated rings. The minimum atomic E-state index is -0.799. The van der Waals surface area contributed by atoms with Crippen molar-refractivity contribution in [3.8, 4) is 11.1 Å². The van der Waals surface area contributed by atoms with Crippen LogP contribution in [0.5, 0.6) is 0 Å². The highest BCUT2D eigenvalue weighted by molar-refractivity contribution is 5.86. The molecule has 2 N–H and O–H groups in total. The monoisotopic (exact) mass is 460 g/mol. The van der Waals surface area contributed by atoms with E-state index in [1.54, 1.807) is 4.90 Å². The molecule has 2 aromatic carbocycles. The number of benzene rings is 2. The van der Waals surface area contributed by atoms with E-state index in [1.807, 2.05) is 24.3 Å². The quantitative estimate of drug-likeness (QED) is 0.711. The molecule has 7 heteroatoms. The molecular formula is C27H28N2O5. The Morgan fingerprint density at radius 3 is 2.35 bits per heavy atom. The molecule has 2 saturated carbocycles. The second-order valence-electron chi connectivity index (χ2n) is 10.2. The van der Waals surface area contributed by atoms with Gasteiger partial charge < -0.3 is 20.1 Å². The van der Waals surface area contributed by atoms with Gasteiger partial charge in [-0.2, -0.15) is 0 Å². The number of aliphatic carboxylic acids is 1. The Kier molecular flexibility index (Phi) is 4.90. The molecule has 3 aliphatic carbocycles. The topological polar surface area (TPSA) is 95.9 Å². The number of amides is 2. The number of hydrogen-bond donors (Lipinski definition) is 2. The number of hydrogen-bond acceptors (Lipinski definition) is 4. The van der Waals surface area contributed by atoms with Crippen LogP contribution in [0.1, 0.15) is 42.7 Å². The summed E-state index contributed by atoms with van der Waals surface area (Å²) < 4.78 is 5.67. The van der Waals surface area contributed by atoms with Crippen molar-refractivity contribution >= 4 is 18.0 Å². The van der Waals surface area contributed by atoms with Crippen LogP contribution >= 0.6 is 0 Å². The van der Waals surface area contributed by atoms with Gasteiger partial charge in [0.2, 0.25) is 5.91 Å². The van der Waals surface area contributed by atoms with Crippen molar-refractivity contribution in [2.45, 2.75) is 37.6 Å². The summed E-state index contributed by atoms with van der Waals surface area (Å²) in [5.74, 6) is -1.09. The van der Waals surface area contributed by atoms with E-state index < -0.39 is 17.5 Å². The van der Waals surface area contributed by atoms with Crippen LogP contribution in [0.4, 0.5) is 4.79 Å². The highest BCUT2D eigenvalue weighted by atomic mass is 16.5. The zero-order valence-electron chi connectivity index (χ0n) is 18.9. The number of carbonyl (C=O) groups excluding carboxylic acids is 2. The van der Waals surface area contributed by atoms with Crippen LogP contribution in [0, 0.1) is 17.3 Å². The van der Waals surface area contributed by atoms with E-state index in [9.17, 15) is 19.5 Å². The van der Waals surface area contributed by atoms with Gasteiger partial charge in [0.05, 0.1) is 11.3 Å². The largest absolute Gasteiger partial charge is 0.481 e. The number of carboxylic acids is 1. The third kappa shape index (κ3) is 3.29. The molecule has 7 nitrogen and oxygen atoms in total. The average Bonchev–Trinajstić information content (AvgIpc) is 3.16. The molecule has 1 aliphatic heterocycles. The fraction of sp³-hybridized carbons (Fsp3) is 0.444.